The molecule has 0 radical (unpaired) electrons. The summed E-state index contributed by atoms with van der Waals surface area (Å²) in [5.41, 5.74) is 0. The summed E-state index contributed by atoms with van der Waals surface area (Å²) in [6, 6.07) is 3.55. The zero-order valence-corrected chi connectivity index (χ0v) is 11.9. The smallest absolute Gasteiger partial charge is 0.316 e. The van der Waals surface area contributed by atoms with Gasteiger partial charge in [-0.1, -0.05) is 25.6 Å². The Morgan fingerprint density at radius 2 is 2.21 bits per heavy atom. The molecule has 0 aliphatic heterocycles. The van der Waals surface area contributed by atoms with Crippen LogP contribution >= 0.6 is 11.8 Å². The lowest BCUT2D eigenvalue weighted by Crippen LogP contribution is -2.05. The van der Waals surface area contributed by atoms with E-state index in [1.807, 2.05) is 19.9 Å². The summed E-state index contributed by atoms with van der Waals surface area (Å²) < 4.78 is 6.17. The molecule has 0 aliphatic carbocycles. The molecule has 0 unspecified atom stereocenters. The molecule has 2 aromatic rings. The minimum atomic E-state index is -0.303. The summed E-state index contributed by atoms with van der Waals surface area (Å²) in [6.45, 7) is 4.00. The second-order valence-corrected chi connectivity index (χ2v) is 3.96. The molecule has 0 N–H and O–H groups in total. The van der Waals surface area contributed by atoms with Crippen LogP contribution in [0.1, 0.15) is 13.8 Å². The molecule has 0 saturated heterocycles. The van der Waals surface area contributed by atoms with E-state index in [9.17, 15) is 4.79 Å². The van der Waals surface area contributed by atoms with Crippen molar-refractivity contribution < 1.29 is 9.53 Å². The average molecular weight is 280 g/mol. The third-order valence-electron chi connectivity index (χ3n) is 1.90. The number of aromatic nitrogens is 4. The van der Waals surface area contributed by atoms with Crippen LogP contribution in [0, 0.1) is 0 Å². The molecule has 0 bridgehead atoms. The molecule has 0 saturated carbocycles. The van der Waals surface area contributed by atoms with Crippen LogP contribution < -0.4 is 0 Å². The van der Waals surface area contributed by atoms with Crippen LogP contribution in [0.3, 0.4) is 0 Å². The molecule has 0 aliphatic rings. The van der Waals surface area contributed by atoms with Crippen molar-refractivity contribution in [2.75, 3.05) is 12.9 Å². The van der Waals surface area contributed by atoms with Gasteiger partial charge in [0.05, 0.1) is 12.9 Å². The number of hydrogen-bond donors (Lipinski definition) is 0. The molecule has 0 aromatic carbocycles. The van der Waals surface area contributed by atoms with Crippen LogP contribution in [0.25, 0.3) is 5.82 Å². The number of ether oxygens (including phenoxy) is 1. The second-order valence-electron chi connectivity index (χ2n) is 3.01. The van der Waals surface area contributed by atoms with E-state index in [0.717, 1.165) is 0 Å². The second kappa shape index (κ2) is 8.25. The number of rotatable bonds is 4. The lowest BCUT2D eigenvalue weighted by molar-refractivity contribution is -0.137. The summed E-state index contributed by atoms with van der Waals surface area (Å²) >= 11 is 1.23. The average Bonchev–Trinajstić information content (AvgIpc) is 3.01. The van der Waals surface area contributed by atoms with Crippen molar-refractivity contribution >= 4 is 17.7 Å². The standard InChI is InChI=1S/C10H10N4O2S.C2H6/c1-16-9(15)7-17-10-11-5-3-8(13-10)14-6-2-4-12-14;1-2/h2-6H,7H2,1H3;1-2H3. The first-order chi connectivity index (χ1) is 9.29. The van der Waals surface area contributed by atoms with Crippen LogP contribution in [0.5, 0.6) is 0 Å². The van der Waals surface area contributed by atoms with Gasteiger partial charge in [0, 0.05) is 24.7 Å². The third-order valence-corrected chi connectivity index (χ3v) is 2.74. The lowest BCUT2D eigenvalue weighted by Gasteiger charge is -2.02. The summed E-state index contributed by atoms with van der Waals surface area (Å²) in [7, 11) is 1.35. The first kappa shape index (κ1) is 15.2. The maximum absolute atomic E-state index is 11.0. The SMILES string of the molecule is CC.COC(=O)CSc1nccc(-n2cccn2)n1. The van der Waals surface area contributed by atoms with Crippen LogP contribution in [-0.2, 0) is 9.53 Å². The monoisotopic (exact) mass is 280 g/mol. The fraction of sp³-hybridized carbons (Fsp3) is 0.333. The van der Waals surface area contributed by atoms with Gasteiger partial charge in [-0.3, -0.25) is 4.79 Å². The molecule has 0 amide bonds. The van der Waals surface area contributed by atoms with E-state index in [1.165, 1.54) is 18.9 Å². The van der Waals surface area contributed by atoms with Gasteiger partial charge in [0.25, 0.3) is 0 Å². The van der Waals surface area contributed by atoms with Gasteiger partial charge in [0.15, 0.2) is 11.0 Å². The van der Waals surface area contributed by atoms with Crippen molar-refractivity contribution in [3.63, 3.8) is 0 Å². The van der Waals surface area contributed by atoms with Crippen molar-refractivity contribution in [2.45, 2.75) is 19.0 Å². The first-order valence-corrected chi connectivity index (χ1v) is 6.81. The van der Waals surface area contributed by atoms with Gasteiger partial charge >= 0.3 is 5.97 Å². The van der Waals surface area contributed by atoms with Gasteiger partial charge in [-0.25, -0.2) is 14.6 Å². The van der Waals surface area contributed by atoms with Gasteiger partial charge in [0.1, 0.15) is 0 Å². The summed E-state index contributed by atoms with van der Waals surface area (Å²) in [6.07, 6.45) is 5.09. The molecule has 6 nitrogen and oxygen atoms in total. The quantitative estimate of drug-likeness (QED) is 0.484. The molecule has 2 rings (SSSR count). The van der Waals surface area contributed by atoms with Gasteiger partial charge in [-0.2, -0.15) is 5.10 Å². The molecule has 0 spiro atoms. The number of esters is 1. The molecule has 19 heavy (non-hydrogen) atoms. The molecular formula is C12H16N4O2S. The Morgan fingerprint density at radius 1 is 1.42 bits per heavy atom. The summed E-state index contributed by atoms with van der Waals surface area (Å²) in [5.74, 6) is 0.555. The van der Waals surface area contributed by atoms with Crippen LogP contribution in [0.2, 0.25) is 0 Å². The van der Waals surface area contributed by atoms with E-state index >= 15 is 0 Å². The largest absolute Gasteiger partial charge is 0.468 e. The van der Waals surface area contributed by atoms with Crippen LogP contribution in [-0.4, -0.2) is 38.6 Å². The minimum Gasteiger partial charge on any atom is -0.468 e. The third kappa shape index (κ3) is 4.70. The number of carbonyl (C=O) groups is 1. The van der Waals surface area contributed by atoms with Crippen LogP contribution in [0.15, 0.2) is 35.9 Å². The molecule has 0 fully saturated rings. The number of nitrogens with zero attached hydrogens (tertiary/aromatic N) is 4. The minimum absolute atomic E-state index is 0.194. The molecule has 2 heterocycles. The van der Waals surface area contributed by atoms with Crippen molar-refractivity contribution in [3.05, 3.63) is 30.7 Å². The lowest BCUT2D eigenvalue weighted by atomic mass is 10.6. The predicted molar refractivity (Wildman–Crippen MR) is 73.2 cm³/mol. The highest BCUT2D eigenvalue weighted by Gasteiger charge is 2.06. The van der Waals surface area contributed by atoms with E-state index in [4.69, 9.17) is 0 Å². The Hall–Kier alpha value is -1.89. The normalized spacial score (nSPS) is 9.42. The molecular weight excluding hydrogens is 264 g/mol. The van der Waals surface area contributed by atoms with Crippen molar-refractivity contribution in [2.24, 2.45) is 0 Å². The Labute approximate surface area is 116 Å². The Morgan fingerprint density at radius 3 is 2.84 bits per heavy atom. The fourth-order valence-electron chi connectivity index (χ4n) is 1.12. The van der Waals surface area contributed by atoms with Crippen molar-refractivity contribution in [3.8, 4) is 5.82 Å². The van der Waals surface area contributed by atoms with Crippen molar-refractivity contribution in [1.82, 2.24) is 19.7 Å². The Bertz CT molecular complexity index is 502. The van der Waals surface area contributed by atoms with Gasteiger partial charge < -0.3 is 4.74 Å². The topological polar surface area (TPSA) is 69.9 Å². The van der Waals surface area contributed by atoms with E-state index in [1.54, 1.807) is 29.3 Å². The zero-order chi connectivity index (χ0) is 14.1. The number of hydrogen-bond acceptors (Lipinski definition) is 6. The molecule has 102 valence electrons. The van der Waals surface area contributed by atoms with E-state index < -0.39 is 0 Å². The molecule has 2 aromatic heterocycles. The van der Waals surface area contributed by atoms with Gasteiger partial charge in [-0.05, 0) is 6.07 Å². The van der Waals surface area contributed by atoms with E-state index in [2.05, 4.69) is 19.8 Å². The van der Waals surface area contributed by atoms with Crippen molar-refractivity contribution in [1.29, 1.82) is 0 Å². The van der Waals surface area contributed by atoms with E-state index in [0.29, 0.717) is 11.0 Å². The summed E-state index contributed by atoms with van der Waals surface area (Å²) in [5, 5.41) is 4.58. The van der Waals surface area contributed by atoms with Gasteiger partial charge in [-0.15, -0.1) is 0 Å². The highest BCUT2D eigenvalue weighted by atomic mass is 32.2. The van der Waals surface area contributed by atoms with Crippen LogP contribution in [0.4, 0.5) is 0 Å². The first-order valence-electron chi connectivity index (χ1n) is 5.82. The predicted octanol–water partition coefficient (Wildman–Crippen LogP) is 1.95. The fourth-order valence-corrected chi connectivity index (χ4v) is 1.77. The number of carbonyl (C=O) groups excluding carboxylic acids is 1. The highest BCUT2D eigenvalue weighted by Crippen LogP contribution is 2.13. The Kier molecular flexibility index (Phi) is 6.59. The molecule has 7 heteroatoms. The Balaban J connectivity index is 0.000000861. The molecule has 0 atom stereocenters. The maximum Gasteiger partial charge on any atom is 0.316 e. The maximum atomic E-state index is 11.0. The summed E-state index contributed by atoms with van der Waals surface area (Å²) in [4.78, 5) is 19.3. The number of methoxy groups -OCH3 is 1. The highest BCUT2D eigenvalue weighted by molar-refractivity contribution is 7.99. The zero-order valence-electron chi connectivity index (χ0n) is 11.1. The number of thioether (sulfide) groups is 1. The van der Waals surface area contributed by atoms with Gasteiger partial charge in [0.2, 0.25) is 0 Å². The van der Waals surface area contributed by atoms with E-state index in [-0.39, 0.29) is 11.7 Å².